The summed E-state index contributed by atoms with van der Waals surface area (Å²) in [5.74, 6) is 0.348. The van der Waals surface area contributed by atoms with Crippen molar-refractivity contribution in [1.29, 1.82) is 0 Å². The fourth-order valence-corrected chi connectivity index (χ4v) is 5.53. The zero-order chi connectivity index (χ0) is 19.1. The fraction of sp³-hybridized carbons (Fsp3) is 0.429. The molecule has 5 nitrogen and oxygen atoms in total. The van der Waals surface area contributed by atoms with Gasteiger partial charge in [-0.25, -0.2) is 0 Å². The van der Waals surface area contributed by atoms with E-state index >= 15 is 0 Å². The van der Waals surface area contributed by atoms with Gasteiger partial charge in [0.15, 0.2) is 0 Å². The number of carbonyl (C=O) groups excluding carboxylic acids is 1. The second kappa shape index (κ2) is 7.41. The van der Waals surface area contributed by atoms with Crippen LogP contribution in [0, 0.1) is 0 Å². The van der Waals surface area contributed by atoms with Gasteiger partial charge in [0.2, 0.25) is 5.13 Å². The summed E-state index contributed by atoms with van der Waals surface area (Å²) in [6.07, 6.45) is 8.96. The number of pyridine rings is 1. The molecular formula is C21H21ClN4OS. The molecule has 7 heteroatoms. The second-order valence-electron chi connectivity index (χ2n) is 7.66. The van der Waals surface area contributed by atoms with Crippen LogP contribution in [0.5, 0.6) is 0 Å². The first-order chi connectivity index (χ1) is 13.7. The number of amides is 1. The third-order valence-corrected chi connectivity index (χ3v) is 7.05. The largest absolute Gasteiger partial charge is 0.296 e. The van der Waals surface area contributed by atoms with E-state index < -0.39 is 0 Å². The topological polar surface area (TPSA) is 67.8 Å². The molecule has 0 bridgehead atoms. The summed E-state index contributed by atoms with van der Waals surface area (Å²) >= 11 is 7.72. The fourth-order valence-electron chi connectivity index (χ4n) is 4.45. The van der Waals surface area contributed by atoms with Gasteiger partial charge >= 0.3 is 0 Å². The first-order valence-corrected chi connectivity index (χ1v) is 11.1. The standard InChI is InChI=1S/C21H21ClN4OS/c22-13-9-10-17-15(11-13)18(14-7-4-8-16(14)23-17)19(27)24-21-26-25-20(28-21)12-5-2-1-3-6-12/h9-12H,1-8H2,(H,24,26,27). The quantitative estimate of drug-likeness (QED) is 0.614. The van der Waals surface area contributed by atoms with Crippen molar-refractivity contribution in [3.05, 3.63) is 45.1 Å². The van der Waals surface area contributed by atoms with Crippen molar-refractivity contribution in [3.63, 3.8) is 0 Å². The average Bonchev–Trinajstić information content (AvgIpc) is 3.36. The van der Waals surface area contributed by atoms with E-state index in [9.17, 15) is 4.79 Å². The molecule has 3 aromatic rings. The molecule has 5 rings (SSSR count). The van der Waals surface area contributed by atoms with Crippen LogP contribution < -0.4 is 5.32 Å². The van der Waals surface area contributed by atoms with Crippen molar-refractivity contribution in [2.45, 2.75) is 57.3 Å². The number of aryl methyl sites for hydroxylation is 1. The first kappa shape index (κ1) is 18.0. The SMILES string of the molecule is O=C(Nc1nnc(C2CCCCC2)s1)c1c2c(nc3ccc(Cl)cc13)CCC2. The molecule has 2 aliphatic rings. The van der Waals surface area contributed by atoms with Gasteiger partial charge in [0.05, 0.1) is 11.1 Å². The average molecular weight is 413 g/mol. The molecular weight excluding hydrogens is 392 g/mol. The summed E-state index contributed by atoms with van der Waals surface area (Å²) < 4.78 is 0. The number of aromatic nitrogens is 3. The Morgan fingerprint density at radius 2 is 1.96 bits per heavy atom. The highest BCUT2D eigenvalue weighted by Crippen LogP contribution is 2.36. The van der Waals surface area contributed by atoms with Crippen molar-refractivity contribution in [3.8, 4) is 0 Å². The molecule has 2 aromatic heterocycles. The smallest absolute Gasteiger partial charge is 0.258 e. The van der Waals surface area contributed by atoms with Gasteiger partial charge < -0.3 is 0 Å². The molecule has 2 heterocycles. The van der Waals surface area contributed by atoms with E-state index in [4.69, 9.17) is 16.6 Å². The summed E-state index contributed by atoms with van der Waals surface area (Å²) in [5.41, 5.74) is 3.58. The lowest BCUT2D eigenvalue weighted by Crippen LogP contribution is -2.15. The number of fused-ring (bicyclic) bond motifs is 2. The lowest BCUT2D eigenvalue weighted by molar-refractivity contribution is 0.102. The van der Waals surface area contributed by atoms with Crippen LogP contribution in [0.1, 0.15) is 71.1 Å². The molecule has 0 aliphatic heterocycles. The molecule has 1 amide bonds. The Morgan fingerprint density at radius 1 is 1.11 bits per heavy atom. The van der Waals surface area contributed by atoms with Crippen molar-refractivity contribution < 1.29 is 4.79 Å². The number of halogens is 1. The Bertz CT molecular complexity index is 1060. The minimum atomic E-state index is -0.140. The summed E-state index contributed by atoms with van der Waals surface area (Å²) in [6, 6.07) is 5.55. The van der Waals surface area contributed by atoms with Crippen LogP contribution in [0.25, 0.3) is 10.9 Å². The van der Waals surface area contributed by atoms with Crippen LogP contribution in [0.4, 0.5) is 5.13 Å². The van der Waals surface area contributed by atoms with E-state index in [-0.39, 0.29) is 5.91 Å². The predicted octanol–water partition coefficient (Wildman–Crippen LogP) is 5.53. The van der Waals surface area contributed by atoms with E-state index in [0.717, 1.165) is 46.4 Å². The summed E-state index contributed by atoms with van der Waals surface area (Å²) in [5, 5.41) is 14.6. The van der Waals surface area contributed by atoms with Crippen LogP contribution in [-0.2, 0) is 12.8 Å². The predicted molar refractivity (Wildman–Crippen MR) is 112 cm³/mol. The van der Waals surface area contributed by atoms with E-state index in [1.54, 1.807) is 0 Å². The molecule has 144 valence electrons. The third-order valence-electron chi connectivity index (χ3n) is 5.82. The molecule has 1 saturated carbocycles. The molecule has 0 spiro atoms. The molecule has 0 unspecified atom stereocenters. The zero-order valence-electron chi connectivity index (χ0n) is 15.5. The van der Waals surface area contributed by atoms with Gasteiger partial charge in [-0.1, -0.05) is 42.2 Å². The normalized spacial score (nSPS) is 17.0. The highest BCUT2D eigenvalue weighted by Gasteiger charge is 2.25. The molecule has 0 saturated heterocycles. The highest BCUT2D eigenvalue weighted by atomic mass is 35.5. The maximum Gasteiger partial charge on any atom is 0.258 e. The summed E-state index contributed by atoms with van der Waals surface area (Å²) in [4.78, 5) is 18.0. The maximum atomic E-state index is 13.2. The third kappa shape index (κ3) is 3.29. The lowest BCUT2D eigenvalue weighted by Gasteiger charge is -2.18. The monoisotopic (exact) mass is 412 g/mol. The van der Waals surface area contributed by atoms with E-state index in [2.05, 4.69) is 15.5 Å². The number of carbonyl (C=O) groups is 1. The van der Waals surface area contributed by atoms with Gasteiger partial charge in [-0.2, -0.15) is 0 Å². The molecule has 28 heavy (non-hydrogen) atoms. The van der Waals surface area contributed by atoms with Crippen molar-refractivity contribution >= 4 is 44.9 Å². The minimum absolute atomic E-state index is 0.140. The van der Waals surface area contributed by atoms with Crippen LogP contribution in [0.3, 0.4) is 0 Å². The van der Waals surface area contributed by atoms with E-state index in [1.165, 1.54) is 43.4 Å². The Hall–Kier alpha value is -2.05. The number of nitrogens with one attached hydrogen (secondary N) is 1. The second-order valence-corrected chi connectivity index (χ2v) is 9.11. The summed E-state index contributed by atoms with van der Waals surface area (Å²) in [7, 11) is 0. The lowest BCUT2D eigenvalue weighted by atomic mass is 9.90. The van der Waals surface area contributed by atoms with Gasteiger partial charge in [0.1, 0.15) is 5.01 Å². The van der Waals surface area contributed by atoms with Crippen LogP contribution in [0.15, 0.2) is 18.2 Å². The molecule has 2 aliphatic carbocycles. The number of anilines is 1. The molecule has 1 N–H and O–H groups in total. The van der Waals surface area contributed by atoms with Crippen LogP contribution in [-0.4, -0.2) is 21.1 Å². The molecule has 1 aromatic carbocycles. The van der Waals surface area contributed by atoms with Crippen LogP contribution in [0.2, 0.25) is 5.02 Å². The van der Waals surface area contributed by atoms with Crippen molar-refractivity contribution in [2.75, 3.05) is 5.32 Å². The van der Waals surface area contributed by atoms with Crippen molar-refractivity contribution in [1.82, 2.24) is 15.2 Å². The van der Waals surface area contributed by atoms with Gasteiger partial charge in [0, 0.05) is 22.0 Å². The first-order valence-electron chi connectivity index (χ1n) is 9.95. The maximum absolute atomic E-state index is 13.2. The van der Waals surface area contributed by atoms with Crippen LogP contribution >= 0.6 is 22.9 Å². The number of hydrogen-bond acceptors (Lipinski definition) is 5. The van der Waals surface area contributed by atoms with Crippen molar-refractivity contribution in [2.24, 2.45) is 0 Å². The number of hydrogen-bond donors (Lipinski definition) is 1. The Morgan fingerprint density at radius 3 is 2.82 bits per heavy atom. The highest BCUT2D eigenvalue weighted by molar-refractivity contribution is 7.15. The molecule has 0 atom stereocenters. The van der Waals surface area contributed by atoms with Gasteiger partial charge in [-0.3, -0.25) is 15.1 Å². The Labute approximate surface area is 172 Å². The minimum Gasteiger partial charge on any atom is -0.296 e. The summed E-state index contributed by atoms with van der Waals surface area (Å²) in [6.45, 7) is 0. The van der Waals surface area contributed by atoms with E-state index in [0.29, 0.717) is 21.6 Å². The Balaban J connectivity index is 1.48. The van der Waals surface area contributed by atoms with E-state index in [1.807, 2.05) is 18.2 Å². The van der Waals surface area contributed by atoms with Gasteiger partial charge in [0.25, 0.3) is 5.91 Å². The molecule has 0 radical (unpaired) electrons. The number of benzene rings is 1. The number of nitrogens with zero attached hydrogens (tertiary/aromatic N) is 3. The Kier molecular flexibility index (Phi) is 4.77. The molecule has 1 fully saturated rings. The van der Waals surface area contributed by atoms with Gasteiger partial charge in [-0.05, 0) is 55.9 Å². The zero-order valence-corrected chi connectivity index (χ0v) is 17.1. The van der Waals surface area contributed by atoms with Gasteiger partial charge in [-0.15, -0.1) is 10.2 Å². The number of rotatable bonds is 3.